The number of hydrogen-bond donors (Lipinski definition) is 0. The molecule has 0 atom stereocenters. The third kappa shape index (κ3) is 1.80. The first-order valence-electron chi connectivity index (χ1n) is 7.24. The van der Waals surface area contributed by atoms with Crippen molar-refractivity contribution in [3.8, 4) is 18.0 Å². The Hall–Kier alpha value is -2.72. The van der Waals surface area contributed by atoms with E-state index in [-0.39, 0.29) is 0 Å². The van der Waals surface area contributed by atoms with Gasteiger partial charge in [-0.25, -0.2) is 0 Å². The van der Waals surface area contributed by atoms with Crippen LogP contribution in [-0.4, -0.2) is 4.57 Å². The summed E-state index contributed by atoms with van der Waals surface area (Å²) in [5.74, 6) is 2.73. The average molecular weight is 269 g/mol. The van der Waals surface area contributed by atoms with Crippen LogP contribution in [0.1, 0.15) is 23.2 Å². The smallest absolute Gasteiger partial charge is 0.0537 e. The lowest BCUT2D eigenvalue weighted by Gasteiger charge is -2.13. The Labute approximate surface area is 124 Å². The summed E-state index contributed by atoms with van der Waals surface area (Å²) in [5.41, 5.74) is 6.06. The van der Waals surface area contributed by atoms with Crippen molar-refractivity contribution in [2.45, 2.75) is 12.8 Å². The normalized spacial score (nSPS) is 13.1. The highest BCUT2D eigenvalue weighted by Gasteiger charge is 2.17. The molecule has 0 radical (unpaired) electrons. The van der Waals surface area contributed by atoms with Crippen LogP contribution in [0.15, 0.2) is 54.6 Å². The van der Waals surface area contributed by atoms with Crippen molar-refractivity contribution in [3.05, 3.63) is 71.4 Å². The number of aromatic nitrogens is 1. The lowest BCUT2D eigenvalue weighted by atomic mass is 10.0. The molecule has 1 aliphatic rings. The maximum Gasteiger partial charge on any atom is 0.0537 e. The Morgan fingerprint density at radius 3 is 2.86 bits per heavy atom. The van der Waals surface area contributed by atoms with E-state index in [2.05, 4.69) is 59.0 Å². The van der Waals surface area contributed by atoms with Gasteiger partial charge >= 0.3 is 0 Å². The highest BCUT2D eigenvalue weighted by Crippen LogP contribution is 2.33. The molecule has 0 saturated heterocycles. The van der Waals surface area contributed by atoms with Crippen LogP contribution >= 0.6 is 0 Å². The predicted molar refractivity (Wildman–Crippen MR) is 88.6 cm³/mol. The summed E-state index contributed by atoms with van der Waals surface area (Å²) in [7, 11) is 0. The number of fused-ring (bicyclic) bond motifs is 3. The molecule has 1 heterocycles. The highest BCUT2D eigenvalue weighted by molar-refractivity contribution is 5.93. The number of nitrogens with zero attached hydrogens (tertiary/aromatic N) is 1. The van der Waals surface area contributed by atoms with Crippen molar-refractivity contribution in [3.63, 3.8) is 0 Å². The second-order valence-electron chi connectivity index (χ2n) is 5.35. The quantitative estimate of drug-likeness (QED) is 0.570. The van der Waals surface area contributed by atoms with Crippen LogP contribution in [0.2, 0.25) is 0 Å². The van der Waals surface area contributed by atoms with Gasteiger partial charge in [-0.05, 0) is 37.1 Å². The minimum absolute atomic E-state index is 0.922. The van der Waals surface area contributed by atoms with E-state index in [4.69, 9.17) is 6.42 Å². The minimum atomic E-state index is 0.922. The van der Waals surface area contributed by atoms with Crippen molar-refractivity contribution in [2.24, 2.45) is 0 Å². The summed E-state index contributed by atoms with van der Waals surface area (Å²) in [4.78, 5) is 0. The van der Waals surface area contributed by atoms with Gasteiger partial charge < -0.3 is 4.57 Å². The average Bonchev–Trinajstić information content (AvgIpc) is 2.89. The standard InChI is InChI=1S/C20H15N/c1-2-15-8-7-9-16(14-15)21-19-12-5-3-10-17(19)18-11-4-6-13-20(18)21/h1,3-5,7-12,14H,6,13H2. The third-order valence-electron chi connectivity index (χ3n) is 4.12. The molecular formula is C20H15N. The molecule has 1 heteroatoms. The van der Waals surface area contributed by atoms with E-state index in [1.807, 2.05) is 12.1 Å². The lowest BCUT2D eigenvalue weighted by Crippen LogP contribution is -2.03. The van der Waals surface area contributed by atoms with Crippen molar-refractivity contribution in [2.75, 3.05) is 0 Å². The summed E-state index contributed by atoms with van der Waals surface area (Å²) >= 11 is 0. The van der Waals surface area contributed by atoms with E-state index in [1.165, 1.54) is 22.2 Å². The number of allylic oxidation sites excluding steroid dienone is 1. The zero-order valence-electron chi connectivity index (χ0n) is 11.7. The van der Waals surface area contributed by atoms with Gasteiger partial charge in [-0.3, -0.25) is 0 Å². The van der Waals surface area contributed by atoms with E-state index in [1.54, 1.807) is 0 Å². The van der Waals surface area contributed by atoms with Crippen LogP contribution in [0, 0.1) is 12.3 Å². The molecule has 4 rings (SSSR count). The monoisotopic (exact) mass is 269 g/mol. The molecule has 2 aromatic carbocycles. The molecule has 0 N–H and O–H groups in total. The van der Waals surface area contributed by atoms with Crippen LogP contribution in [0.25, 0.3) is 22.7 Å². The van der Waals surface area contributed by atoms with Crippen molar-refractivity contribution in [1.29, 1.82) is 0 Å². The van der Waals surface area contributed by atoms with Crippen LogP contribution in [0.4, 0.5) is 0 Å². The molecule has 0 aliphatic heterocycles. The molecule has 0 unspecified atom stereocenters. The molecule has 1 nitrogen and oxygen atoms in total. The van der Waals surface area contributed by atoms with Gasteiger partial charge in [0.1, 0.15) is 0 Å². The minimum Gasteiger partial charge on any atom is -0.313 e. The van der Waals surface area contributed by atoms with Crippen LogP contribution in [-0.2, 0) is 6.42 Å². The molecule has 21 heavy (non-hydrogen) atoms. The van der Waals surface area contributed by atoms with Gasteiger partial charge in [0.2, 0.25) is 0 Å². The van der Waals surface area contributed by atoms with Crippen molar-refractivity contribution in [1.82, 2.24) is 4.57 Å². The number of terminal acetylenes is 1. The van der Waals surface area contributed by atoms with Crippen molar-refractivity contribution < 1.29 is 0 Å². The van der Waals surface area contributed by atoms with E-state index < -0.39 is 0 Å². The summed E-state index contributed by atoms with van der Waals surface area (Å²) in [6.07, 6.45) is 12.2. The fourth-order valence-corrected chi connectivity index (χ4v) is 3.20. The van der Waals surface area contributed by atoms with Gasteiger partial charge in [0.05, 0.1) is 5.52 Å². The van der Waals surface area contributed by atoms with Gasteiger partial charge in [-0.1, -0.05) is 42.3 Å². The maximum absolute atomic E-state index is 5.55. The molecule has 0 bridgehead atoms. The molecule has 0 amide bonds. The van der Waals surface area contributed by atoms with Gasteiger partial charge in [0.15, 0.2) is 0 Å². The summed E-state index contributed by atoms with van der Waals surface area (Å²) in [6, 6.07) is 16.8. The van der Waals surface area contributed by atoms with Gasteiger partial charge in [0, 0.05) is 27.9 Å². The molecule has 3 aromatic rings. The van der Waals surface area contributed by atoms with E-state index in [9.17, 15) is 0 Å². The predicted octanol–water partition coefficient (Wildman–Crippen LogP) is 4.57. The van der Waals surface area contributed by atoms with Crippen LogP contribution in [0.3, 0.4) is 0 Å². The number of para-hydroxylation sites is 1. The number of hydrogen-bond acceptors (Lipinski definition) is 0. The second-order valence-corrected chi connectivity index (χ2v) is 5.35. The highest BCUT2D eigenvalue weighted by atomic mass is 15.0. The topological polar surface area (TPSA) is 4.93 Å². The van der Waals surface area contributed by atoms with Gasteiger partial charge in [-0.2, -0.15) is 0 Å². The zero-order valence-corrected chi connectivity index (χ0v) is 11.7. The Balaban J connectivity index is 2.09. The van der Waals surface area contributed by atoms with Crippen LogP contribution in [0.5, 0.6) is 0 Å². The number of rotatable bonds is 1. The maximum atomic E-state index is 5.55. The zero-order chi connectivity index (χ0) is 14.2. The first-order chi connectivity index (χ1) is 10.4. The SMILES string of the molecule is C#Cc1cccc(-n2c3c(c4ccccc42)C=CCC3)c1. The van der Waals surface area contributed by atoms with Gasteiger partial charge in [0.25, 0.3) is 0 Å². The molecule has 1 aromatic heterocycles. The Morgan fingerprint density at radius 1 is 1.05 bits per heavy atom. The van der Waals surface area contributed by atoms with E-state index >= 15 is 0 Å². The first-order valence-corrected chi connectivity index (χ1v) is 7.24. The Kier molecular flexibility index (Phi) is 2.69. The molecular weight excluding hydrogens is 254 g/mol. The molecule has 0 saturated carbocycles. The van der Waals surface area contributed by atoms with Crippen LogP contribution < -0.4 is 0 Å². The molecule has 1 aliphatic carbocycles. The molecule has 0 spiro atoms. The third-order valence-corrected chi connectivity index (χ3v) is 4.12. The fraction of sp³-hybridized carbons (Fsp3) is 0.100. The fourth-order valence-electron chi connectivity index (χ4n) is 3.20. The second kappa shape index (κ2) is 4.68. The number of benzene rings is 2. The summed E-state index contributed by atoms with van der Waals surface area (Å²) in [6.45, 7) is 0. The largest absolute Gasteiger partial charge is 0.313 e. The lowest BCUT2D eigenvalue weighted by molar-refractivity contribution is 0.888. The van der Waals surface area contributed by atoms with E-state index in [0.29, 0.717) is 0 Å². The molecule has 100 valence electrons. The first kappa shape index (κ1) is 12.1. The summed E-state index contributed by atoms with van der Waals surface area (Å²) in [5, 5.41) is 1.31. The van der Waals surface area contributed by atoms with Gasteiger partial charge in [-0.15, -0.1) is 6.42 Å². The van der Waals surface area contributed by atoms with Crippen molar-refractivity contribution >= 4 is 17.0 Å². The Bertz CT molecular complexity index is 903. The molecule has 0 fully saturated rings. The Morgan fingerprint density at radius 2 is 1.95 bits per heavy atom. The summed E-state index contributed by atoms with van der Waals surface area (Å²) < 4.78 is 2.36. The van der Waals surface area contributed by atoms with E-state index in [0.717, 1.165) is 24.1 Å².